The number of carbonyl (C=O) groups excluding carboxylic acids is 1. The minimum absolute atomic E-state index is 0.180. The molecule has 29 heavy (non-hydrogen) atoms. The number of nitrogens with zero attached hydrogens (tertiary/aromatic N) is 4. The summed E-state index contributed by atoms with van der Waals surface area (Å²) in [7, 11) is 0. The molecular weight excluding hydrogens is 413 g/mol. The highest BCUT2D eigenvalue weighted by molar-refractivity contribution is 7.14. The molecule has 0 atom stereocenters. The Morgan fingerprint density at radius 1 is 1.21 bits per heavy atom. The van der Waals surface area contributed by atoms with Gasteiger partial charge < -0.3 is 4.90 Å². The lowest BCUT2D eigenvalue weighted by atomic mass is 10.2. The number of nitrogens with one attached hydrogen (secondary N) is 1. The fourth-order valence-corrected chi connectivity index (χ4v) is 4.10. The zero-order valence-electron chi connectivity index (χ0n) is 15.5. The molecule has 2 amide bonds. The Kier molecular flexibility index (Phi) is 6.03. The van der Waals surface area contributed by atoms with Gasteiger partial charge in [0.1, 0.15) is 5.82 Å². The van der Waals surface area contributed by atoms with Gasteiger partial charge in [-0.3, -0.25) is 15.2 Å². The third kappa shape index (κ3) is 4.72. The maximum Gasteiger partial charge on any atom is 0.323 e. The van der Waals surface area contributed by atoms with E-state index >= 15 is 0 Å². The van der Waals surface area contributed by atoms with Crippen molar-refractivity contribution in [3.05, 3.63) is 64.5 Å². The van der Waals surface area contributed by atoms with Gasteiger partial charge in [0.25, 0.3) is 0 Å². The average Bonchev–Trinajstić information content (AvgIpc) is 3.20. The highest BCUT2D eigenvalue weighted by Crippen LogP contribution is 2.25. The number of hydrogen-bond donors (Lipinski definition) is 1. The Morgan fingerprint density at radius 3 is 2.76 bits per heavy atom. The zero-order valence-corrected chi connectivity index (χ0v) is 17.1. The molecule has 0 bridgehead atoms. The first-order valence-corrected chi connectivity index (χ1v) is 10.4. The Hall–Kier alpha value is -2.55. The second-order valence-corrected chi connectivity index (χ2v) is 7.94. The summed E-state index contributed by atoms with van der Waals surface area (Å²) < 4.78 is 14.0. The maximum atomic E-state index is 14.0. The van der Waals surface area contributed by atoms with E-state index < -0.39 is 0 Å². The highest BCUT2D eigenvalue weighted by Gasteiger charge is 2.23. The molecule has 150 valence electrons. The fourth-order valence-electron chi connectivity index (χ4n) is 3.16. The Labute approximate surface area is 177 Å². The summed E-state index contributed by atoms with van der Waals surface area (Å²) >= 11 is 7.49. The second kappa shape index (κ2) is 8.86. The van der Waals surface area contributed by atoms with Gasteiger partial charge in [-0.15, -0.1) is 11.3 Å². The first kappa shape index (κ1) is 19.8. The highest BCUT2D eigenvalue weighted by atomic mass is 35.5. The van der Waals surface area contributed by atoms with Crippen molar-refractivity contribution in [3.63, 3.8) is 0 Å². The third-order valence-corrected chi connectivity index (χ3v) is 5.89. The molecule has 0 unspecified atom stereocenters. The van der Waals surface area contributed by atoms with Gasteiger partial charge in [0.05, 0.1) is 5.69 Å². The lowest BCUT2D eigenvalue weighted by Gasteiger charge is -2.34. The van der Waals surface area contributed by atoms with Gasteiger partial charge in [-0.25, -0.2) is 14.2 Å². The van der Waals surface area contributed by atoms with Crippen LogP contribution in [0.4, 0.5) is 14.3 Å². The van der Waals surface area contributed by atoms with E-state index in [1.54, 1.807) is 29.4 Å². The molecule has 1 saturated heterocycles. The molecule has 2 aromatic heterocycles. The molecule has 0 saturated carbocycles. The van der Waals surface area contributed by atoms with E-state index in [9.17, 15) is 9.18 Å². The summed E-state index contributed by atoms with van der Waals surface area (Å²) in [6.07, 6.45) is 3.44. The normalized spacial score (nSPS) is 14.8. The van der Waals surface area contributed by atoms with Crippen molar-refractivity contribution in [2.24, 2.45) is 0 Å². The van der Waals surface area contributed by atoms with Gasteiger partial charge >= 0.3 is 6.03 Å². The van der Waals surface area contributed by atoms with Crippen LogP contribution in [0, 0.1) is 5.82 Å². The van der Waals surface area contributed by atoms with Gasteiger partial charge in [-0.05, 0) is 24.3 Å². The third-order valence-electron chi connectivity index (χ3n) is 4.78. The maximum absolute atomic E-state index is 14.0. The molecule has 1 aromatic carbocycles. The number of benzene rings is 1. The van der Waals surface area contributed by atoms with Crippen LogP contribution in [0.25, 0.3) is 11.3 Å². The smallest absolute Gasteiger partial charge is 0.322 e. The van der Waals surface area contributed by atoms with E-state index in [4.69, 9.17) is 11.6 Å². The number of halogens is 2. The molecule has 0 radical (unpaired) electrons. The van der Waals surface area contributed by atoms with Gasteiger partial charge in [-0.1, -0.05) is 17.7 Å². The number of thiazole rings is 1. The van der Waals surface area contributed by atoms with Crippen molar-refractivity contribution < 1.29 is 9.18 Å². The Bertz CT molecular complexity index is 971. The standard InChI is InChI=1S/C20H19ClFN5OS/c21-16-4-1-5-17(22)15(16)12-26-7-9-27(10-8-26)20(28)25-19-24-18(13-29-19)14-3-2-6-23-11-14/h1-6,11,13H,7-10,12H2,(H,24,25,28). The van der Waals surface area contributed by atoms with Crippen molar-refractivity contribution in [1.29, 1.82) is 0 Å². The van der Waals surface area contributed by atoms with Crippen molar-refractivity contribution in [3.8, 4) is 11.3 Å². The summed E-state index contributed by atoms with van der Waals surface area (Å²) in [4.78, 5) is 24.9. The molecule has 0 spiro atoms. The predicted molar refractivity (Wildman–Crippen MR) is 113 cm³/mol. The predicted octanol–water partition coefficient (Wildman–Crippen LogP) is 4.35. The quantitative estimate of drug-likeness (QED) is 0.667. The molecule has 4 rings (SSSR count). The lowest BCUT2D eigenvalue weighted by Crippen LogP contribution is -2.49. The number of piperazine rings is 1. The molecule has 1 aliphatic rings. The van der Waals surface area contributed by atoms with E-state index in [0.717, 1.165) is 11.3 Å². The van der Waals surface area contributed by atoms with Gasteiger partial charge in [-0.2, -0.15) is 0 Å². The molecule has 0 aliphatic carbocycles. The van der Waals surface area contributed by atoms with Crippen LogP contribution in [-0.2, 0) is 6.54 Å². The molecule has 1 aliphatic heterocycles. The van der Waals surface area contributed by atoms with Crippen LogP contribution in [-0.4, -0.2) is 52.0 Å². The van der Waals surface area contributed by atoms with Gasteiger partial charge in [0.15, 0.2) is 5.13 Å². The Balaban J connectivity index is 1.31. The fraction of sp³-hybridized carbons (Fsp3) is 0.250. The summed E-state index contributed by atoms with van der Waals surface area (Å²) in [5, 5.41) is 5.73. The largest absolute Gasteiger partial charge is 0.323 e. The summed E-state index contributed by atoms with van der Waals surface area (Å²) in [6.45, 7) is 2.84. The topological polar surface area (TPSA) is 61.4 Å². The zero-order chi connectivity index (χ0) is 20.2. The lowest BCUT2D eigenvalue weighted by molar-refractivity contribution is 0.142. The number of aromatic nitrogens is 2. The molecule has 9 heteroatoms. The van der Waals surface area contributed by atoms with E-state index in [-0.39, 0.29) is 11.8 Å². The second-order valence-electron chi connectivity index (χ2n) is 6.67. The molecule has 3 aromatic rings. The first-order chi connectivity index (χ1) is 14.1. The van der Waals surface area contributed by atoms with E-state index in [1.807, 2.05) is 17.5 Å². The molecular formula is C20H19ClFN5OS. The molecule has 1 N–H and O–H groups in total. The van der Waals surface area contributed by atoms with Crippen LogP contribution in [0.2, 0.25) is 5.02 Å². The average molecular weight is 432 g/mol. The van der Waals surface area contributed by atoms with Crippen molar-refractivity contribution >= 4 is 34.1 Å². The van der Waals surface area contributed by atoms with E-state index in [2.05, 4.69) is 20.2 Å². The van der Waals surface area contributed by atoms with Gasteiger partial charge in [0.2, 0.25) is 0 Å². The summed E-state index contributed by atoms with van der Waals surface area (Å²) in [5.74, 6) is -0.300. The minimum atomic E-state index is -0.300. The van der Waals surface area contributed by atoms with Crippen molar-refractivity contribution in [2.75, 3.05) is 31.5 Å². The number of urea groups is 1. The molecule has 1 fully saturated rings. The van der Waals surface area contributed by atoms with Crippen LogP contribution >= 0.6 is 22.9 Å². The van der Waals surface area contributed by atoms with Crippen LogP contribution in [0.1, 0.15) is 5.56 Å². The number of anilines is 1. The van der Waals surface area contributed by atoms with Crippen LogP contribution in [0.3, 0.4) is 0 Å². The van der Waals surface area contributed by atoms with E-state index in [0.29, 0.717) is 48.4 Å². The number of amides is 2. The summed E-state index contributed by atoms with van der Waals surface area (Å²) in [5.41, 5.74) is 2.19. The van der Waals surface area contributed by atoms with Gasteiger partial charge in [0, 0.05) is 66.6 Å². The van der Waals surface area contributed by atoms with Crippen LogP contribution in [0.15, 0.2) is 48.1 Å². The first-order valence-electron chi connectivity index (χ1n) is 9.17. The number of carbonyl (C=O) groups is 1. The SMILES string of the molecule is O=C(Nc1nc(-c2cccnc2)cs1)N1CCN(Cc2c(F)cccc2Cl)CC1. The van der Waals surface area contributed by atoms with E-state index in [1.165, 1.54) is 17.4 Å². The van der Waals surface area contributed by atoms with Crippen molar-refractivity contribution in [1.82, 2.24) is 19.8 Å². The van der Waals surface area contributed by atoms with Crippen LogP contribution in [0.5, 0.6) is 0 Å². The number of rotatable bonds is 4. The number of pyridine rings is 1. The monoisotopic (exact) mass is 431 g/mol. The number of hydrogen-bond acceptors (Lipinski definition) is 5. The van der Waals surface area contributed by atoms with Crippen molar-refractivity contribution in [2.45, 2.75) is 6.54 Å². The summed E-state index contributed by atoms with van der Waals surface area (Å²) in [6, 6.07) is 8.30. The molecule has 6 nitrogen and oxygen atoms in total. The Morgan fingerprint density at radius 2 is 2.03 bits per heavy atom. The molecule has 3 heterocycles. The minimum Gasteiger partial charge on any atom is -0.322 e. The van der Waals surface area contributed by atoms with Crippen LogP contribution < -0.4 is 5.32 Å².